The molecule has 0 amide bonds. The summed E-state index contributed by atoms with van der Waals surface area (Å²) in [5.41, 5.74) is 3.56. The number of hydrogen-bond donors (Lipinski definition) is 0. The lowest BCUT2D eigenvalue weighted by Crippen LogP contribution is -2.27. The molecule has 0 unspecified atom stereocenters. The third kappa shape index (κ3) is 4.08. The molecule has 3 nitrogen and oxygen atoms in total. The molecule has 1 aliphatic heterocycles. The van der Waals surface area contributed by atoms with Gasteiger partial charge >= 0.3 is 0 Å². The van der Waals surface area contributed by atoms with Crippen molar-refractivity contribution in [2.24, 2.45) is 0 Å². The van der Waals surface area contributed by atoms with Crippen LogP contribution in [-0.2, 0) is 6.54 Å². The lowest BCUT2D eigenvalue weighted by molar-refractivity contribution is 0.195. The maximum atomic E-state index is 5.00. The van der Waals surface area contributed by atoms with Crippen molar-refractivity contribution < 1.29 is 0 Å². The summed E-state index contributed by atoms with van der Waals surface area (Å²) in [6.45, 7) is 2.10. The Hall–Kier alpha value is -2.21. The van der Waals surface area contributed by atoms with Gasteiger partial charge in [-0.2, -0.15) is 5.10 Å². The van der Waals surface area contributed by atoms with Gasteiger partial charge in [-0.15, -0.1) is 22.7 Å². The number of aromatic nitrogens is 2. The van der Waals surface area contributed by atoms with Crippen LogP contribution >= 0.6 is 22.7 Å². The van der Waals surface area contributed by atoms with E-state index in [4.69, 9.17) is 5.10 Å². The first-order valence-electron chi connectivity index (χ1n) is 10.3. The van der Waals surface area contributed by atoms with E-state index < -0.39 is 0 Å². The smallest absolute Gasteiger partial charge is 0.107 e. The van der Waals surface area contributed by atoms with E-state index in [9.17, 15) is 0 Å². The number of likely N-dealkylation sites (tertiary alicyclic amines) is 1. The van der Waals surface area contributed by atoms with Gasteiger partial charge in [0.05, 0.1) is 10.6 Å². The number of thiophene rings is 2. The number of benzene rings is 1. The van der Waals surface area contributed by atoms with E-state index in [1.807, 2.05) is 16.0 Å². The van der Waals surface area contributed by atoms with E-state index in [0.29, 0.717) is 6.04 Å². The lowest BCUT2D eigenvalue weighted by Gasteiger charge is -2.29. The van der Waals surface area contributed by atoms with E-state index >= 15 is 0 Å². The van der Waals surface area contributed by atoms with Crippen molar-refractivity contribution in [2.75, 3.05) is 6.54 Å². The Labute approximate surface area is 180 Å². The van der Waals surface area contributed by atoms with E-state index in [0.717, 1.165) is 24.5 Å². The summed E-state index contributed by atoms with van der Waals surface area (Å²) in [5.74, 6) is 0. The Morgan fingerprint density at radius 2 is 1.76 bits per heavy atom. The zero-order valence-electron chi connectivity index (χ0n) is 16.4. The molecule has 0 aliphatic carbocycles. The van der Waals surface area contributed by atoms with Crippen LogP contribution in [0.15, 0.2) is 71.6 Å². The second-order valence-electron chi connectivity index (χ2n) is 7.61. The van der Waals surface area contributed by atoms with E-state index in [1.54, 1.807) is 11.3 Å². The topological polar surface area (TPSA) is 21.1 Å². The molecule has 5 heteroatoms. The molecule has 1 saturated heterocycles. The maximum absolute atomic E-state index is 5.00. The monoisotopic (exact) mass is 419 g/mol. The number of nitrogens with zero attached hydrogens (tertiary/aromatic N) is 3. The normalized spacial score (nSPS) is 18.0. The van der Waals surface area contributed by atoms with Crippen molar-refractivity contribution >= 4 is 22.7 Å². The van der Waals surface area contributed by atoms with Gasteiger partial charge in [0.15, 0.2) is 0 Å². The fourth-order valence-corrected chi connectivity index (χ4v) is 5.88. The maximum Gasteiger partial charge on any atom is 0.107 e. The molecule has 0 saturated carbocycles. The van der Waals surface area contributed by atoms with Crippen LogP contribution in [0.4, 0.5) is 0 Å². The van der Waals surface area contributed by atoms with Crippen molar-refractivity contribution in [3.05, 3.63) is 82.0 Å². The molecule has 3 aromatic heterocycles. The molecule has 0 bridgehead atoms. The highest BCUT2D eigenvalue weighted by Gasteiger charge is 2.25. The fourth-order valence-electron chi connectivity index (χ4n) is 4.24. The molecular formula is C24H25N3S2. The van der Waals surface area contributed by atoms with Crippen molar-refractivity contribution in [3.63, 3.8) is 0 Å². The molecule has 1 aromatic carbocycles. The fraction of sp³-hybridized carbons (Fsp3) is 0.292. The third-order valence-electron chi connectivity index (χ3n) is 5.67. The molecular weight excluding hydrogens is 394 g/mol. The summed E-state index contributed by atoms with van der Waals surface area (Å²) in [6.07, 6.45) is 7.42. The molecule has 0 radical (unpaired) electrons. The average Bonchev–Trinajstić information content (AvgIpc) is 3.50. The van der Waals surface area contributed by atoms with Crippen molar-refractivity contribution in [2.45, 2.75) is 38.3 Å². The van der Waals surface area contributed by atoms with Crippen LogP contribution in [0.1, 0.15) is 42.2 Å². The minimum absolute atomic E-state index is 0.522. The van der Waals surface area contributed by atoms with Crippen LogP contribution in [0.25, 0.3) is 16.3 Å². The van der Waals surface area contributed by atoms with Gasteiger partial charge in [0.25, 0.3) is 0 Å². The van der Waals surface area contributed by atoms with Gasteiger partial charge in [-0.25, -0.2) is 4.68 Å². The minimum atomic E-state index is 0.522. The van der Waals surface area contributed by atoms with Gasteiger partial charge in [0, 0.05) is 29.2 Å². The molecule has 4 heterocycles. The Morgan fingerprint density at radius 3 is 2.55 bits per heavy atom. The molecule has 4 aromatic rings. The number of rotatable bonds is 5. The van der Waals surface area contributed by atoms with Gasteiger partial charge in [-0.05, 0) is 54.4 Å². The lowest BCUT2D eigenvalue weighted by atomic mass is 10.1. The molecule has 1 aliphatic rings. The first-order valence-corrected chi connectivity index (χ1v) is 12.1. The number of hydrogen-bond acceptors (Lipinski definition) is 4. The molecule has 29 heavy (non-hydrogen) atoms. The van der Waals surface area contributed by atoms with Gasteiger partial charge in [0.2, 0.25) is 0 Å². The SMILES string of the molecule is c1ccc(-n2cc(CN3CCCCC[C@@H]3c3cccs3)c(-c3cccs3)n2)cc1. The molecule has 148 valence electrons. The van der Waals surface area contributed by atoms with Crippen LogP contribution < -0.4 is 0 Å². The third-order valence-corrected chi connectivity index (χ3v) is 7.52. The highest BCUT2D eigenvalue weighted by atomic mass is 32.1. The second kappa shape index (κ2) is 8.66. The molecule has 5 rings (SSSR count). The quantitative estimate of drug-likeness (QED) is 0.355. The summed E-state index contributed by atoms with van der Waals surface area (Å²) in [7, 11) is 0. The van der Waals surface area contributed by atoms with Crippen molar-refractivity contribution in [1.29, 1.82) is 0 Å². The van der Waals surface area contributed by atoms with Gasteiger partial charge in [-0.3, -0.25) is 4.90 Å². The Morgan fingerprint density at radius 1 is 0.897 bits per heavy atom. The predicted octanol–water partition coefficient (Wildman–Crippen LogP) is 6.78. The van der Waals surface area contributed by atoms with Crippen molar-refractivity contribution in [3.8, 4) is 16.3 Å². The summed E-state index contributed by atoms with van der Waals surface area (Å²) in [6, 6.07) is 19.8. The summed E-state index contributed by atoms with van der Waals surface area (Å²) in [5, 5.41) is 9.35. The van der Waals surface area contributed by atoms with Crippen LogP contribution in [0.5, 0.6) is 0 Å². The van der Waals surface area contributed by atoms with Crippen LogP contribution in [0, 0.1) is 0 Å². The standard InChI is InChI=1S/C24H25N3S2/c1-3-9-20(10-4-1)27-18-19(24(25-27)23-13-8-16-29-23)17-26-14-6-2-5-11-21(26)22-12-7-15-28-22/h1,3-4,7-10,12-13,15-16,18,21H,2,5-6,11,14,17H2/t21-/m1/s1. The molecule has 1 fully saturated rings. The zero-order chi connectivity index (χ0) is 19.5. The predicted molar refractivity (Wildman–Crippen MR) is 123 cm³/mol. The zero-order valence-corrected chi connectivity index (χ0v) is 18.0. The Bertz CT molecular complexity index is 1020. The Kier molecular flexibility index (Phi) is 5.61. The van der Waals surface area contributed by atoms with E-state index in [1.165, 1.54) is 41.0 Å². The van der Waals surface area contributed by atoms with Crippen molar-refractivity contribution in [1.82, 2.24) is 14.7 Å². The molecule has 0 N–H and O–H groups in total. The van der Waals surface area contributed by atoms with E-state index in [2.05, 4.69) is 76.5 Å². The second-order valence-corrected chi connectivity index (χ2v) is 9.54. The summed E-state index contributed by atoms with van der Waals surface area (Å²) in [4.78, 5) is 5.43. The highest BCUT2D eigenvalue weighted by Crippen LogP contribution is 2.36. The first kappa shape index (κ1) is 18.8. The van der Waals surface area contributed by atoms with Crippen LogP contribution in [0.2, 0.25) is 0 Å². The summed E-state index contributed by atoms with van der Waals surface area (Å²) < 4.78 is 2.04. The molecule has 1 atom stereocenters. The first-order chi connectivity index (χ1) is 14.4. The van der Waals surface area contributed by atoms with Gasteiger partial charge < -0.3 is 0 Å². The Balaban J connectivity index is 1.51. The average molecular weight is 420 g/mol. The van der Waals surface area contributed by atoms with Crippen LogP contribution in [-0.4, -0.2) is 21.2 Å². The molecule has 0 spiro atoms. The highest BCUT2D eigenvalue weighted by molar-refractivity contribution is 7.13. The largest absolute Gasteiger partial charge is 0.291 e. The van der Waals surface area contributed by atoms with Gasteiger partial charge in [-0.1, -0.05) is 43.2 Å². The minimum Gasteiger partial charge on any atom is -0.291 e. The van der Waals surface area contributed by atoms with Crippen LogP contribution in [0.3, 0.4) is 0 Å². The number of para-hydroxylation sites is 1. The van der Waals surface area contributed by atoms with E-state index in [-0.39, 0.29) is 0 Å². The summed E-state index contributed by atoms with van der Waals surface area (Å²) >= 11 is 3.67. The van der Waals surface area contributed by atoms with Gasteiger partial charge in [0.1, 0.15) is 5.69 Å².